The number of carbonyl (C=O) groups is 2. The lowest BCUT2D eigenvalue weighted by atomic mass is 9.71. The van der Waals surface area contributed by atoms with E-state index in [1.165, 1.54) is 0 Å². The van der Waals surface area contributed by atoms with Gasteiger partial charge in [0, 0.05) is 19.0 Å². The van der Waals surface area contributed by atoms with Crippen LogP contribution in [0.2, 0.25) is 0 Å². The summed E-state index contributed by atoms with van der Waals surface area (Å²) >= 11 is 0. The quantitative estimate of drug-likeness (QED) is 0.295. The van der Waals surface area contributed by atoms with Crippen molar-refractivity contribution in [2.75, 3.05) is 27.2 Å². The van der Waals surface area contributed by atoms with Crippen LogP contribution >= 0.6 is 0 Å². The highest BCUT2D eigenvalue weighted by Crippen LogP contribution is 2.43. The molecular weight excluding hydrogens is 492 g/mol. The molecule has 4 rings (SSSR count). The van der Waals surface area contributed by atoms with Crippen molar-refractivity contribution in [3.63, 3.8) is 0 Å². The van der Waals surface area contributed by atoms with Crippen molar-refractivity contribution in [1.82, 2.24) is 10.2 Å². The first-order valence-electron chi connectivity index (χ1n) is 14.4. The minimum Gasteiger partial charge on any atom is -0.445 e. The minimum absolute atomic E-state index is 0.130. The van der Waals surface area contributed by atoms with Crippen LogP contribution in [0.15, 0.2) is 54.6 Å². The molecule has 2 saturated carbocycles. The van der Waals surface area contributed by atoms with E-state index in [1.54, 1.807) is 6.07 Å². The predicted octanol–water partition coefficient (Wildman–Crippen LogP) is 5.80. The smallest absolute Gasteiger partial charge is 0.407 e. The minimum atomic E-state index is -0.931. The molecule has 0 radical (unpaired) electrons. The highest BCUT2D eigenvalue weighted by Gasteiger charge is 2.41. The lowest BCUT2D eigenvalue weighted by molar-refractivity contribution is -0.137. The van der Waals surface area contributed by atoms with Gasteiger partial charge in [0.2, 0.25) is 0 Å². The molecule has 2 atom stereocenters. The van der Waals surface area contributed by atoms with E-state index in [4.69, 9.17) is 9.47 Å². The maximum atomic E-state index is 13.2. The van der Waals surface area contributed by atoms with Crippen molar-refractivity contribution in [1.29, 1.82) is 0 Å². The summed E-state index contributed by atoms with van der Waals surface area (Å²) in [7, 11) is 4.07. The molecule has 2 unspecified atom stereocenters. The van der Waals surface area contributed by atoms with E-state index in [0.29, 0.717) is 18.7 Å². The normalized spacial score (nSPS) is 22.7. The molecule has 1 amide bonds. The van der Waals surface area contributed by atoms with Gasteiger partial charge < -0.3 is 24.8 Å². The highest BCUT2D eigenvalue weighted by molar-refractivity contribution is 5.73. The van der Waals surface area contributed by atoms with E-state index in [2.05, 4.69) is 10.2 Å². The van der Waals surface area contributed by atoms with Crippen molar-refractivity contribution < 1.29 is 24.2 Å². The fourth-order valence-electron chi connectivity index (χ4n) is 6.35. The van der Waals surface area contributed by atoms with Gasteiger partial charge in [-0.05, 0) is 68.5 Å². The molecule has 2 aromatic carbocycles. The van der Waals surface area contributed by atoms with E-state index < -0.39 is 11.7 Å². The number of aliphatic hydroxyl groups is 1. The number of nitrogens with zero attached hydrogens (tertiary/aromatic N) is 1. The molecule has 0 heterocycles. The fraction of sp³-hybridized carbons (Fsp3) is 0.562. The molecule has 212 valence electrons. The zero-order valence-electron chi connectivity index (χ0n) is 23.5. The summed E-state index contributed by atoms with van der Waals surface area (Å²) in [6, 6.07) is 17.0. The van der Waals surface area contributed by atoms with Gasteiger partial charge in [-0.15, -0.1) is 0 Å². The Kier molecular flexibility index (Phi) is 10.0. The third kappa shape index (κ3) is 8.05. The molecule has 0 aromatic heterocycles. The molecule has 0 saturated heterocycles. The Bertz CT molecular complexity index is 1080. The Balaban J connectivity index is 1.37. The zero-order chi connectivity index (χ0) is 27.7. The predicted molar refractivity (Wildman–Crippen MR) is 151 cm³/mol. The summed E-state index contributed by atoms with van der Waals surface area (Å²) < 4.78 is 11.2. The second-order valence-electron chi connectivity index (χ2n) is 11.8. The largest absolute Gasteiger partial charge is 0.445 e. The summed E-state index contributed by atoms with van der Waals surface area (Å²) in [4.78, 5) is 27.7. The van der Waals surface area contributed by atoms with Crippen molar-refractivity contribution in [3.8, 4) is 5.75 Å². The van der Waals surface area contributed by atoms with E-state index in [1.807, 2.05) is 62.6 Å². The molecule has 7 nitrogen and oxygen atoms in total. The molecule has 2 aromatic rings. The number of ether oxygens (including phenoxy) is 2. The molecule has 2 aliphatic rings. The number of nitrogens with one attached hydrogen (secondary N) is 1. The zero-order valence-corrected chi connectivity index (χ0v) is 23.5. The van der Waals surface area contributed by atoms with Crippen LogP contribution in [0.4, 0.5) is 4.79 Å². The monoisotopic (exact) mass is 536 g/mol. The summed E-state index contributed by atoms with van der Waals surface area (Å²) in [5.74, 6) is 0.278. The molecular formula is C32H44N2O5. The lowest BCUT2D eigenvalue weighted by Gasteiger charge is -2.41. The number of carbonyl (C=O) groups excluding carboxylic acids is 2. The molecule has 0 aliphatic heterocycles. The van der Waals surface area contributed by atoms with Crippen LogP contribution in [-0.4, -0.2) is 49.3 Å². The van der Waals surface area contributed by atoms with Crippen LogP contribution < -0.4 is 10.1 Å². The average Bonchev–Trinajstić information content (AvgIpc) is 2.93. The molecule has 39 heavy (non-hydrogen) atoms. The van der Waals surface area contributed by atoms with Gasteiger partial charge in [-0.25, -0.2) is 4.79 Å². The van der Waals surface area contributed by atoms with Gasteiger partial charge in [-0.1, -0.05) is 74.6 Å². The number of rotatable bonds is 10. The molecule has 0 bridgehead atoms. The lowest BCUT2D eigenvalue weighted by Crippen LogP contribution is -2.43. The third-order valence-electron chi connectivity index (χ3n) is 8.44. The summed E-state index contributed by atoms with van der Waals surface area (Å²) in [6.07, 6.45) is 8.40. The number of alkyl carbamates (subject to hydrolysis) is 1. The van der Waals surface area contributed by atoms with Crippen LogP contribution in [0, 0.1) is 11.3 Å². The van der Waals surface area contributed by atoms with E-state index in [9.17, 15) is 14.7 Å². The fourth-order valence-corrected chi connectivity index (χ4v) is 6.35. The van der Waals surface area contributed by atoms with E-state index in [0.717, 1.165) is 69.0 Å². The number of amides is 1. The van der Waals surface area contributed by atoms with Crippen molar-refractivity contribution >= 4 is 12.1 Å². The SMILES string of the molecule is CN(C)CC1CCCCC1(O)c1cccc(OC(=O)CC2(CNC(=O)OCc3ccccc3)CCCCC2)c1. The van der Waals surface area contributed by atoms with Gasteiger partial charge >= 0.3 is 12.1 Å². The van der Waals surface area contributed by atoms with Crippen LogP contribution in [0.1, 0.15) is 75.3 Å². The molecule has 0 spiro atoms. The first-order valence-corrected chi connectivity index (χ1v) is 14.4. The summed E-state index contributed by atoms with van der Waals surface area (Å²) in [5, 5.41) is 14.6. The Morgan fingerprint density at radius 2 is 1.72 bits per heavy atom. The van der Waals surface area contributed by atoms with Crippen molar-refractivity contribution in [2.45, 2.75) is 76.4 Å². The molecule has 2 N–H and O–H groups in total. The van der Waals surface area contributed by atoms with Gasteiger partial charge in [-0.3, -0.25) is 4.79 Å². The Morgan fingerprint density at radius 1 is 0.974 bits per heavy atom. The first-order chi connectivity index (χ1) is 18.8. The van der Waals surface area contributed by atoms with E-state index in [-0.39, 0.29) is 30.3 Å². The standard InChI is InChI=1S/C32H44N2O5/c1-34(2)22-27-14-7-10-19-32(27,37)26-15-11-16-28(20-26)39-29(35)21-31(17-8-4-9-18-31)24-33-30(36)38-23-25-12-5-3-6-13-25/h3,5-6,11-13,15-16,20,27,37H,4,7-10,14,17-19,21-24H2,1-2H3,(H,33,36). The Morgan fingerprint density at radius 3 is 2.46 bits per heavy atom. The Hall–Kier alpha value is -2.90. The van der Waals surface area contributed by atoms with Crippen molar-refractivity contribution in [3.05, 3.63) is 65.7 Å². The maximum absolute atomic E-state index is 13.2. The number of esters is 1. The first kappa shape index (κ1) is 29.1. The second-order valence-corrected chi connectivity index (χ2v) is 11.8. The summed E-state index contributed by atoms with van der Waals surface area (Å²) in [5.41, 5.74) is 0.461. The number of hydrogen-bond acceptors (Lipinski definition) is 6. The topological polar surface area (TPSA) is 88.1 Å². The van der Waals surface area contributed by atoms with Crippen LogP contribution in [-0.2, 0) is 21.7 Å². The van der Waals surface area contributed by atoms with Gasteiger partial charge in [0.05, 0.1) is 12.0 Å². The molecule has 2 aliphatic carbocycles. The molecule has 7 heteroatoms. The van der Waals surface area contributed by atoms with Crippen LogP contribution in [0.3, 0.4) is 0 Å². The van der Waals surface area contributed by atoms with Crippen LogP contribution in [0.5, 0.6) is 5.75 Å². The Labute approximate surface area is 232 Å². The van der Waals surface area contributed by atoms with Gasteiger partial charge in [0.25, 0.3) is 0 Å². The third-order valence-corrected chi connectivity index (χ3v) is 8.44. The molecule has 2 fully saturated rings. The number of benzene rings is 2. The van der Waals surface area contributed by atoms with Gasteiger partial charge in [-0.2, -0.15) is 0 Å². The second kappa shape index (κ2) is 13.4. The van der Waals surface area contributed by atoms with Gasteiger partial charge in [0.15, 0.2) is 0 Å². The van der Waals surface area contributed by atoms with Crippen LogP contribution in [0.25, 0.3) is 0 Å². The average molecular weight is 537 g/mol. The highest BCUT2D eigenvalue weighted by atomic mass is 16.5. The van der Waals surface area contributed by atoms with E-state index >= 15 is 0 Å². The van der Waals surface area contributed by atoms with Gasteiger partial charge in [0.1, 0.15) is 12.4 Å². The summed E-state index contributed by atoms with van der Waals surface area (Å²) in [6.45, 7) is 1.39. The van der Waals surface area contributed by atoms with Crippen molar-refractivity contribution in [2.24, 2.45) is 11.3 Å². The maximum Gasteiger partial charge on any atom is 0.407 e. The number of hydrogen-bond donors (Lipinski definition) is 2.